The van der Waals surface area contributed by atoms with Crippen molar-refractivity contribution in [3.63, 3.8) is 0 Å². The number of nitrogens with zero attached hydrogens (tertiary/aromatic N) is 1. The fourth-order valence-electron chi connectivity index (χ4n) is 2.92. The first-order valence-corrected chi connectivity index (χ1v) is 13.3. The standard InChI is InChI=1S/C18H23BrN4O3S2.C2HF3O2/c1-12(2)21-18(24)13-3-4-15(23-9-7-20-8-10-23)14(11-13)22-28(25,26)17-6-5-16(19)27-17;3-2(4,5)1(6)7/h3-6,11-12,20,22H,7-10H2,1-2H3,(H,21,24);(H,6,7). The lowest BCUT2D eigenvalue weighted by atomic mass is 10.1. The molecule has 4 N–H and O–H groups in total. The molecular formula is C20H24BrF3N4O5S2. The second-order valence-corrected chi connectivity index (χ2v) is 11.9. The number of thiophene rings is 1. The minimum atomic E-state index is -5.08. The van der Waals surface area contributed by atoms with Gasteiger partial charge in [0.1, 0.15) is 4.21 Å². The van der Waals surface area contributed by atoms with E-state index in [1.165, 1.54) is 0 Å². The van der Waals surface area contributed by atoms with Crippen molar-refractivity contribution in [2.75, 3.05) is 35.8 Å². The van der Waals surface area contributed by atoms with E-state index in [0.29, 0.717) is 11.3 Å². The van der Waals surface area contributed by atoms with Crippen molar-refractivity contribution in [1.82, 2.24) is 10.6 Å². The van der Waals surface area contributed by atoms with Gasteiger partial charge in [-0.2, -0.15) is 13.2 Å². The van der Waals surface area contributed by atoms with Gasteiger partial charge in [-0.15, -0.1) is 11.3 Å². The molecule has 0 saturated carbocycles. The number of hydrogen-bond acceptors (Lipinski definition) is 7. The van der Waals surface area contributed by atoms with E-state index in [1.807, 2.05) is 19.9 Å². The molecule has 2 heterocycles. The Morgan fingerprint density at radius 3 is 2.26 bits per heavy atom. The maximum Gasteiger partial charge on any atom is 0.490 e. The van der Waals surface area contributed by atoms with E-state index in [9.17, 15) is 26.4 Å². The number of carboxylic acids is 1. The van der Waals surface area contributed by atoms with Crippen LogP contribution in [0.4, 0.5) is 24.5 Å². The van der Waals surface area contributed by atoms with Crippen molar-refractivity contribution >= 4 is 60.5 Å². The normalized spacial score (nSPS) is 14.2. The van der Waals surface area contributed by atoms with Crippen molar-refractivity contribution in [2.24, 2.45) is 0 Å². The molecule has 0 atom stereocenters. The van der Waals surface area contributed by atoms with Gasteiger partial charge in [0.15, 0.2) is 0 Å². The van der Waals surface area contributed by atoms with E-state index in [4.69, 9.17) is 9.90 Å². The fourth-order valence-corrected chi connectivity index (χ4v) is 6.00. The highest BCUT2D eigenvalue weighted by molar-refractivity contribution is 9.11. The highest BCUT2D eigenvalue weighted by atomic mass is 79.9. The number of piperazine rings is 1. The second-order valence-electron chi connectivity index (χ2n) is 7.56. The lowest BCUT2D eigenvalue weighted by Crippen LogP contribution is -2.43. The molecule has 2 aromatic rings. The van der Waals surface area contributed by atoms with Crippen LogP contribution in [0.1, 0.15) is 24.2 Å². The van der Waals surface area contributed by atoms with Crippen molar-refractivity contribution in [2.45, 2.75) is 30.3 Å². The third-order valence-electron chi connectivity index (χ3n) is 4.44. The molecule has 1 aliphatic rings. The summed E-state index contributed by atoms with van der Waals surface area (Å²) in [5.41, 5.74) is 1.59. The Hall–Kier alpha value is -2.36. The van der Waals surface area contributed by atoms with Gasteiger partial charge in [0, 0.05) is 37.8 Å². The molecule has 1 aromatic carbocycles. The number of carbonyl (C=O) groups excluding carboxylic acids is 1. The number of carbonyl (C=O) groups is 2. The number of sulfonamides is 1. The molecule has 9 nitrogen and oxygen atoms in total. The zero-order valence-electron chi connectivity index (χ0n) is 18.6. The maximum atomic E-state index is 12.9. The Bertz CT molecular complexity index is 1150. The van der Waals surface area contributed by atoms with Crippen molar-refractivity contribution < 1.29 is 36.3 Å². The smallest absolute Gasteiger partial charge is 0.475 e. The van der Waals surface area contributed by atoms with Crippen LogP contribution >= 0.6 is 27.3 Å². The number of carboxylic acid groups (broad SMARTS) is 1. The summed E-state index contributed by atoms with van der Waals surface area (Å²) in [4.78, 5) is 23.4. The third-order valence-corrected chi connectivity index (χ3v) is 7.92. The highest BCUT2D eigenvalue weighted by Crippen LogP contribution is 2.32. The van der Waals surface area contributed by atoms with Gasteiger partial charge in [-0.25, -0.2) is 13.2 Å². The number of hydrogen-bond donors (Lipinski definition) is 4. The molecule has 1 fully saturated rings. The van der Waals surface area contributed by atoms with E-state index < -0.39 is 22.2 Å². The first-order valence-electron chi connectivity index (χ1n) is 10.2. The monoisotopic (exact) mass is 600 g/mol. The summed E-state index contributed by atoms with van der Waals surface area (Å²) in [6.07, 6.45) is -5.08. The van der Waals surface area contributed by atoms with Crippen LogP contribution in [0, 0.1) is 0 Å². The van der Waals surface area contributed by atoms with Crippen LogP contribution in [-0.4, -0.2) is 63.8 Å². The largest absolute Gasteiger partial charge is 0.490 e. The summed E-state index contributed by atoms with van der Waals surface area (Å²) < 4.78 is 61.1. The molecule has 0 bridgehead atoms. The molecule has 0 unspecified atom stereocenters. The number of benzene rings is 1. The van der Waals surface area contributed by atoms with Crippen LogP contribution < -0.4 is 20.3 Å². The maximum absolute atomic E-state index is 12.9. The van der Waals surface area contributed by atoms with Gasteiger partial charge >= 0.3 is 12.1 Å². The average molecular weight is 601 g/mol. The predicted octanol–water partition coefficient (Wildman–Crippen LogP) is 3.49. The van der Waals surface area contributed by atoms with Gasteiger partial charge in [-0.05, 0) is 60.1 Å². The number of anilines is 2. The van der Waals surface area contributed by atoms with Crippen LogP contribution in [0.15, 0.2) is 38.3 Å². The molecular weight excluding hydrogens is 577 g/mol. The van der Waals surface area contributed by atoms with Crippen molar-refractivity contribution in [3.8, 4) is 0 Å². The summed E-state index contributed by atoms with van der Waals surface area (Å²) in [5.74, 6) is -2.99. The fraction of sp³-hybridized carbons (Fsp3) is 0.400. The Labute approximate surface area is 212 Å². The number of aliphatic carboxylic acids is 1. The van der Waals surface area contributed by atoms with Crippen LogP contribution in [0.5, 0.6) is 0 Å². The second kappa shape index (κ2) is 12.1. The van der Waals surface area contributed by atoms with E-state index >= 15 is 0 Å². The minimum Gasteiger partial charge on any atom is -0.475 e. The number of rotatable bonds is 6. The minimum absolute atomic E-state index is 0.0102. The van der Waals surface area contributed by atoms with E-state index in [1.54, 1.807) is 24.3 Å². The van der Waals surface area contributed by atoms with Crippen LogP contribution in [-0.2, 0) is 14.8 Å². The molecule has 15 heteroatoms. The molecule has 0 radical (unpaired) electrons. The molecule has 1 aliphatic heterocycles. The first-order chi connectivity index (χ1) is 16.2. The summed E-state index contributed by atoms with van der Waals surface area (Å²) in [5, 5.41) is 13.2. The van der Waals surface area contributed by atoms with Crippen LogP contribution in [0.3, 0.4) is 0 Å². The van der Waals surface area contributed by atoms with E-state index in [0.717, 1.165) is 47.0 Å². The lowest BCUT2D eigenvalue weighted by Gasteiger charge is -2.31. The molecule has 3 rings (SSSR count). The Balaban J connectivity index is 0.000000540. The quantitative estimate of drug-likeness (QED) is 0.399. The van der Waals surface area contributed by atoms with Gasteiger partial charge in [0.2, 0.25) is 0 Å². The third kappa shape index (κ3) is 8.66. The average Bonchev–Trinajstić information content (AvgIpc) is 3.21. The Morgan fingerprint density at radius 1 is 1.17 bits per heavy atom. The number of nitrogens with one attached hydrogen (secondary N) is 3. The van der Waals surface area contributed by atoms with Gasteiger partial charge in [0.05, 0.1) is 15.2 Å². The summed E-state index contributed by atoms with van der Waals surface area (Å²) in [6.45, 7) is 6.92. The SMILES string of the molecule is CC(C)NC(=O)c1ccc(N2CCNCC2)c(NS(=O)(=O)c2ccc(Br)s2)c1.O=C(O)C(F)(F)F. The molecule has 35 heavy (non-hydrogen) atoms. The summed E-state index contributed by atoms with van der Waals surface area (Å²) in [7, 11) is -3.75. The zero-order valence-corrected chi connectivity index (χ0v) is 21.9. The van der Waals surface area contributed by atoms with Crippen molar-refractivity contribution in [3.05, 3.63) is 39.7 Å². The van der Waals surface area contributed by atoms with Gasteiger partial charge in [0.25, 0.3) is 15.9 Å². The Kier molecular flexibility index (Phi) is 9.94. The van der Waals surface area contributed by atoms with Gasteiger partial charge in [-0.3, -0.25) is 9.52 Å². The highest BCUT2D eigenvalue weighted by Gasteiger charge is 2.38. The zero-order chi connectivity index (χ0) is 26.4. The van der Waals surface area contributed by atoms with Crippen molar-refractivity contribution in [1.29, 1.82) is 0 Å². The molecule has 1 aromatic heterocycles. The summed E-state index contributed by atoms with van der Waals surface area (Å²) >= 11 is 4.44. The lowest BCUT2D eigenvalue weighted by molar-refractivity contribution is -0.192. The summed E-state index contributed by atoms with van der Waals surface area (Å²) in [6, 6.07) is 8.39. The number of amides is 1. The molecule has 0 aliphatic carbocycles. The molecule has 1 saturated heterocycles. The van der Waals surface area contributed by atoms with Gasteiger partial charge in [-0.1, -0.05) is 0 Å². The number of alkyl halides is 3. The van der Waals surface area contributed by atoms with Crippen LogP contribution in [0.2, 0.25) is 0 Å². The van der Waals surface area contributed by atoms with Gasteiger partial charge < -0.3 is 20.6 Å². The van der Waals surface area contributed by atoms with E-state index in [-0.39, 0.29) is 16.2 Å². The topological polar surface area (TPSA) is 128 Å². The Morgan fingerprint density at radius 2 is 1.77 bits per heavy atom. The predicted molar refractivity (Wildman–Crippen MR) is 131 cm³/mol. The first kappa shape index (κ1) is 28.9. The van der Waals surface area contributed by atoms with Crippen LogP contribution in [0.25, 0.3) is 0 Å². The molecule has 1 amide bonds. The molecule has 0 spiro atoms. The molecule has 194 valence electrons. The number of halogens is 4. The van der Waals surface area contributed by atoms with E-state index in [2.05, 4.69) is 36.2 Å².